The van der Waals surface area contributed by atoms with Gasteiger partial charge < -0.3 is 4.74 Å². The summed E-state index contributed by atoms with van der Waals surface area (Å²) in [7, 11) is 0. The van der Waals surface area contributed by atoms with Gasteiger partial charge in [0.2, 0.25) is 5.88 Å². The molecule has 0 unspecified atom stereocenters. The van der Waals surface area contributed by atoms with Gasteiger partial charge in [-0.3, -0.25) is 10.1 Å². The zero-order valence-electron chi connectivity index (χ0n) is 12.8. The molecule has 122 valence electrons. The second kappa shape index (κ2) is 7.18. The van der Waals surface area contributed by atoms with Crippen molar-refractivity contribution in [1.82, 2.24) is 9.97 Å². The van der Waals surface area contributed by atoms with E-state index in [4.69, 9.17) is 4.74 Å². The standard InChI is InChI=1S/C17H14FN3O2S/c1-2-23-16-13(4-3-9-19-16)15(22)21-17-20-14(10-24-17)11-5-7-12(18)8-6-11/h3-10H,2H2,1H3,(H,20,21,22). The molecule has 0 spiro atoms. The van der Waals surface area contributed by atoms with Gasteiger partial charge in [0.25, 0.3) is 5.91 Å². The van der Waals surface area contributed by atoms with Crippen LogP contribution in [0, 0.1) is 5.82 Å². The molecule has 0 saturated carbocycles. The average molecular weight is 343 g/mol. The molecule has 1 amide bonds. The number of halogens is 1. The number of pyridine rings is 1. The number of rotatable bonds is 5. The van der Waals surface area contributed by atoms with Crippen molar-refractivity contribution < 1.29 is 13.9 Å². The fourth-order valence-electron chi connectivity index (χ4n) is 2.06. The fourth-order valence-corrected chi connectivity index (χ4v) is 2.78. The summed E-state index contributed by atoms with van der Waals surface area (Å²) in [5.41, 5.74) is 1.80. The minimum atomic E-state index is -0.341. The average Bonchev–Trinajstić information content (AvgIpc) is 3.05. The van der Waals surface area contributed by atoms with Crippen LogP contribution < -0.4 is 10.1 Å². The Balaban J connectivity index is 1.77. The van der Waals surface area contributed by atoms with Gasteiger partial charge in [-0.1, -0.05) is 0 Å². The molecule has 0 atom stereocenters. The van der Waals surface area contributed by atoms with Crippen molar-refractivity contribution in [2.75, 3.05) is 11.9 Å². The van der Waals surface area contributed by atoms with Crippen LogP contribution in [0.4, 0.5) is 9.52 Å². The predicted octanol–water partition coefficient (Wildman–Crippen LogP) is 4.00. The van der Waals surface area contributed by atoms with Crippen LogP contribution in [0.25, 0.3) is 11.3 Å². The van der Waals surface area contributed by atoms with Crippen molar-refractivity contribution in [3.63, 3.8) is 0 Å². The minimum Gasteiger partial charge on any atom is -0.477 e. The number of hydrogen-bond acceptors (Lipinski definition) is 5. The Morgan fingerprint density at radius 2 is 2.08 bits per heavy atom. The Hall–Kier alpha value is -2.80. The van der Waals surface area contributed by atoms with Crippen LogP contribution in [0.1, 0.15) is 17.3 Å². The molecule has 0 aliphatic carbocycles. The van der Waals surface area contributed by atoms with Gasteiger partial charge in [0.05, 0.1) is 12.3 Å². The van der Waals surface area contributed by atoms with Crippen molar-refractivity contribution in [2.24, 2.45) is 0 Å². The number of ether oxygens (including phenoxy) is 1. The molecule has 0 fully saturated rings. The maximum atomic E-state index is 13.0. The number of carbonyl (C=O) groups excluding carboxylic acids is 1. The monoisotopic (exact) mass is 343 g/mol. The second-order valence-electron chi connectivity index (χ2n) is 4.79. The number of amides is 1. The van der Waals surface area contributed by atoms with Gasteiger partial charge in [0.1, 0.15) is 11.4 Å². The van der Waals surface area contributed by atoms with E-state index in [9.17, 15) is 9.18 Å². The highest BCUT2D eigenvalue weighted by Gasteiger charge is 2.15. The molecule has 0 aliphatic heterocycles. The van der Waals surface area contributed by atoms with E-state index < -0.39 is 0 Å². The number of hydrogen-bond donors (Lipinski definition) is 1. The molecule has 24 heavy (non-hydrogen) atoms. The number of carbonyl (C=O) groups is 1. The molecule has 3 rings (SSSR count). The first-order valence-corrected chi connectivity index (χ1v) is 8.16. The Kier molecular flexibility index (Phi) is 4.81. The fraction of sp³-hybridized carbons (Fsp3) is 0.118. The van der Waals surface area contributed by atoms with Gasteiger partial charge in [-0.25, -0.2) is 14.4 Å². The molecular weight excluding hydrogens is 329 g/mol. The van der Waals surface area contributed by atoms with E-state index in [-0.39, 0.29) is 17.6 Å². The lowest BCUT2D eigenvalue weighted by Crippen LogP contribution is -2.14. The van der Waals surface area contributed by atoms with Crippen molar-refractivity contribution in [1.29, 1.82) is 0 Å². The molecule has 1 N–H and O–H groups in total. The molecular formula is C17H14FN3O2S. The smallest absolute Gasteiger partial charge is 0.262 e. The molecule has 3 aromatic rings. The van der Waals surface area contributed by atoms with Gasteiger partial charge in [0.15, 0.2) is 5.13 Å². The summed E-state index contributed by atoms with van der Waals surface area (Å²) < 4.78 is 18.3. The molecule has 0 aliphatic rings. The number of aromatic nitrogens is 2. The van der Waals surface area contributed by atoms with E-state index in [0.717, 1.165) is 5.56 Å². The van der Waals surface area contributed by atoms with Crippen molar-refractivity contribution in [3.8, 4) is 17.1 Å². The van der Waals surface area contributed by atoms with E-state index in [1.54, 1.807) is 35.8 Å². The summed E-state index contributed by atoms with van der Waals surface area (Å²) in [4.78, 5) is 20.8. The molecule has 2 aromatic heterocycles. The van der Waals surface area contributed by atoms with E-state index in [2.05, 4.69) is 15.3 Å². The van der Waals surface area contributed by atoms with Crippen LogP contribution in [-0.2, 0) is 0 Å². The van der Waals surface area contributed by atoms with Crippen molar-refractivity contribution >= 4 is 22.4 Å². The summed E-state index contributed by atoms with van der Waals surface area (Å²) in [6, 6.07) is 9.34. The largest absolute Gasteiger partial charge is 0.477 e. The molecule has 1 aromatic carbocycles. The molecule has 5 nitrogen and oxygen atoms in total. The molecule has 2 heterocycles. The third-order valence-corrected chi connectivity index (χ3v) is 3.92. The van der Waals surface area contributed by atoms with E-state index >= 15 is 0 Å². The SMILES string of the molecule is CCOc1ncccc1C(=O)Nc1nc(-c2ccc(F)cc2)cs1. The summed E-state index contributed by atoms with van der Waals surface area (Å²) in [5, 5.41) is 4.98. The number of benzene rings is 1. The Morgan fingerprint density at radius 1 is 1.29 bits per heavy atom. The van der Waals surface area contributed by atoms with Gasteiger partial charge in [0, 0.05) is 17.1 Å². The van der Waals surface area contributed by atoms with Crippen LogP contribution in [0.3, 0.4) is 0 Å². The van der Waals surface area contributed by atoms with Crippen LogP contribution >= 0.6 is 11.3 Å². The summed E-state index contributed by atoms with van der Waals surface area (Å²) in [5.74, 6) is -0.359. The van der Waals surface area contributed by atoms with E-state index in [0.29, 0.717) is 23.0 Å². The molecule has 0 bridgehead atoms. The summed E-state index contributed by atoms with van der Waals surface area (Å²) in [6.45, 7) is 2.25. The highest BCUT2D eigenvalue weighted by atomic mass is 32.1. The molecule has 0 radical (unpaired) electrons. The van der Waals surface area contributed by atoms with Gasteiger partial charge in [-0.05, 0) is 43.3 Å². The van der Waals surface area contributed by atoms with Gasteiger partial charge in [-0.15, -0.1) is 11.3 Å². The zero-order valence-corrected chi connectivity index (χ0v) is 13.6. The van der Waals surface area contributed by atoms with E-state index in [1.807, 2.05) is 6.92 Å². The van der Waals surface area contributed by atoms with Crippen molar-refractivity contribution in [3.05, 3.63) is 59.4 Å². The lowest BCUT2D eigenvalue weighted by atomic mass is 10.2. The Bertz CT molecular complexity index is 849. The van der Waals surface area contributed by atoms with Crippen LogP contribution in [0.5, 0.6) is 5.88 Å². The third kappa shape index (κ3) is 3.57. The Labute approximate surface area is 142 Å². The normalized spacial score (nSPS) is 10.4. The Morgan fingerprint density at radius 3 is 2.83 bits per heavy atom. The molecule has 0 saturated heterocycles. The number of thiazole rings is 1. The summed E-state index contributed by atoms with van der Waals surface area (Å²) in [6.07, 6.45) is 1.57. The summed E-state index contributed by atoms with van der Waals surface area (Å²) >= 11 is 1.29. The van der Waals surface area contributed by atoms with Gasteiger partial charge >= 0.3 is 0 Å². The van der Waals surface area contributed by atoms with E-state index in [1.165, 1.54) is 23.5 Å². The first-order chi connectivity index (χ1) is 11.7. The number of nitrogens with one attached hydrogen (secondary N) is 1. The van der Waals surface area contributed by atoms with Crippen LogP contribution in [0.15, 0.2) is 48.0 Å². The maximum Gasteiger partial charge on any atom is 0.262 e. The van der Waals surface area contributed by atoms with Gasteiger partial charge in [-0.2, -0.15) is 0 Å². The van der Waals surface area contributed by atoms with Crippen LogP contribution in [0.2, 0.25) is 0 Å². The lowest BCUT2D eigenvalue weighted by Gasteiger charge is -2.07. The second-order valence-corrected chi connectivity index (χ2v) is 5.65. The molecule has 7 heteroatoms. The third-order valence-electron chi connectivity index (χ3n) is 3.16. The first-order valence-electron chi connectivity index (χ1n) is 7.28. The topological polar surface area (TPSA) is 64.1 Å². The zero-order chi connectivity index (χ0) is 16.9. The predicted molar refractivity (Wildman–Crippen MR) is 90.9 cm³/mol. The maximum absolute atomic E-state index is 13.0. The highest BCUT2D eigenvalue weighted by molar-refractivity contribution is 7.14. The quantitative estimate of drug-likeness (QED) is 0.761. The number of anilines is 1. The first kappa shape index (κ1) is 16.1. The lowest BCUT2D eigenvalue weighted by molar-refractivity contribution is 0.102. The number of nitrogens with zero attached hydrogens (tertiary/aromatic N) is 2. The van der Waals surface area contributed by atoms with Crippen LogP contribution in [-0.4, -0.2) is 22.5 Å². The van der Waals surface area contributed by atoms with Crippen molar-refractivity contribution in [2.45, 2.75) is 6.92 Å². The highest BCUT2D eigenvalue weighted by Crippen LogP contribution is 2.26. The minimum absolute atomic E-state index is 0.285.